The molecule has 2 aromatic carbocycles. The van der Waals surface area contributed by atoms with Crippen LogP contribution in [0, 0.1) is 6.92 Å². The number of ketones is 1. The maximum absolute atomic E-state index is 12.3. The Balaban J connectivity index is 0.00000147. The number of fused-ring (bicyclic) bond motifs is 1. The van der Waals surface area contributed by atoms with E-state index in [4.69, 9.17) is 0 Å². The van der Waals surface area contributed by atoms with Gasteiger partial charge in [0.25, 0.3) is 0 Å². The molecule has 0 bridgehead atoms. The van der Waals surface area contributed by atoms with Gasteiger partial charge in [0.1, 0.15) is 4.70 Å². The summed E-state index contributed by atoms with van der Waals surface area (Å²) in [6, 6.07) is 15.9. The number of rotatable bonds is 3. The smallest absolute Gasteiger partial charge is 0.227 e. The summed E-state index contributed by atoms with van der Waals surface area (Å²) in [6.45, 7) is 2.42. The van der Waals surface area contributed by atoms with Crippen LogP contribution >= 0.6 is 11.3 Å². The van der Waals surface area contributed by atoms with Gasteiger partial charge in [0.2, 0.25) is 23.4 Å². The van der Waals surface area contributed by atoms with E-state index in [-0.39, 0.29) is 22.8 Å². The van der Waals surface area contributed by atoms with E-state index in [1.165, 1.54) is 10.3 Å². The minimum atomic E-state index is 0. The molecule has 3 rings (SSSR count). The summed E-state index contributed by atoms with van der Waals surface area (Å²) in [5, 5.41) is 0. The van der Waals surface area contributed by atoms with E-state index >= 15 is 0 Å². The fourth-order valence-electron chi connectivity index (χ4n) is 2.08. The lowest BCUT2D eigenvalue weighted by Crippen LogP contribution is -3.00. The molecular formula is C16H14BrNOS. The van der Waals surface area contributed by atoms with Crippen molar-refractivity contribution in [3.05, 3.63) is 65.2 Å². The van der Waals surface area contributed by atoms with Gasteiger partial charge in [-0.3, -0.25) is 4.79 Å². The molecule has 4 heteroatoms. The van der Waals surface area contributed by atoms with Crippen LogP contribution in [0.4, 0.5) is 0 Å². The van der Waals surface area contributed by atoms with E-state index in [1.54, 1.807) is 11.3 Å². The molecule has 0 atom stereocenters. The van der Waals surface area contributed by atoms with Gasteiger partial charge in [-0.15, -0.1) is 0 Å². The van der Waals surface area contributed by atoms with Crippen LogP contribution in [0.3, 0.4) is 0 Å². The van der Waals surface area contributed by atoms with Gasteiger partial charge in [-0.25, -0.2) is 0 Å². The minimum absolute atomic E-state index is 0. The van der Waals surface area contributed by atoms with E-state index in [2.05, 4.69) is 6.07 Å². The highest BCUT2D eigenvalue weighted by Crippen LogP contribution is 2.15. The second-order valence-corrected chi connectivity index (χ2v) is 5.49. The number of thiazole rings is 1. The largest absolute Gasteiger partial charge is 1.00 e. The number of hydrogen-bond donors (Lipinski definition) is 0. The molecule has 3 aromatic rings. The second-order valence-electron chi connectivity index (χ2n) is 4.61. The van der Waals surface area contributed by atoms with Crippen molar-refractivity contribution in [3.63, 3.8) is 0 Å². The molecule has 0 saturated carbocycles. The number of carbonyl (C=O) groups excluding carboxylic acids is 1. The Bertz CT molecular complexity index is 734. The van der Waals surface area contributed by atoms with Crippen LogP contribution in [-0.2, 0) is 6.54 Å². The maximum atomic E-state index is 12.3. The Hall–Kier alpha value is -1.52. The van der Waals surface area contributed by atoms with Crippen molar-refractivity contribution in [2.75, 3.05) is 0 Å². The number of Topliss-reactive ketones (excluding diaryl/α,β-unsaturated/α-hetero) is 1. The number of para-hydroxylation sites is 1. The zero-order chi connectivity index (χ0) is 13.2. The van der Waals surface area contributed by atoms with E-state index in [0.29, 0.717) is 6.54 Å². The Kier molecular flexibility index (Phi) is 4.68. The third-order valence-corrected chi connectivity index (χ3v) is 4.13. The normalized spacial score (nSPS) is 10.2. The van der Waals surface area contributed by atoms with Crippen molar-refractivity contribution in [2.45, 2.75) is 13.5 Å². The summed E-state index contributed by atoms with van der Waals surface area (Å²) in [6.07, 6.45) is 0. The fourth-order valence-corrected chi connectivity index (χ4v) is 2.97. The Labute approximate surface area is 132 Å². The topological polar surface area (TPSA) is 20.9 Å². The quantitative estimate of drug-likeness (QED) is 0.495. The van der Waals surface area contributed by atoms with Gasteiger partial charge in [-0.1, -0.05) is 53.3 Å². The van der Waals surface area contributed by atoms with E-state index < -0.39 is 0 Å². The zero-order valence-corrected chi connectivity index (χ0v) is 13.4. The van der Waals surface area contributed by atoms with Crippen molar-refractivity contribution >= 4 is 27.3 Å². The van der Waals surface area contributed by atoms with Gasteiger partial charge in [-0.2, -0.15) is 4.57 Å². The molecule has 0 aliphatic heterocycles. The molecule has 0 saturated heterocycles. The molecule has 1 aromatic heterocycles. The summed E-state index contributed by atoms with van der Waals surface area (Å²) in [5.74, 6) is 0.147. The van der Waals surface area contributed by atoms with Crippen LogP contribution in [0.2, 0.25) is 0 Å². The monoisotopic (exact) mass is 347 g/mol. The van der Waals surface area contributed by atoms with Crippen molar-refractivity contribution in [3.8, 4) is 0 Å². The molecule has 0 radical (unpaired) electrons. The minimum Gasteiger partial charge on any atom is -1.00 e. The van der Waals surface area contributed by atoms with Crippen LogP contribution in [0.1, 0.15) is 15.9 Å². The molecule has 0 aliphatic rings. The van der Waals surface area contributed by atoms with Gasteiger partial charge in [0, 0.05) is 11.6 Å². The van der Waals surface area contributed by atoms with E-state index in [1.807, 2.05) is 59.5 Å². The predicted molar refractivity (Wildman–Crippen MR) is 77.5 cm³/mol. The highest BCUT2D eigenvalue weighted by Gasteiger charge is 2.16. The summed E-state index contributed by atoms with van der Waals surface area (Å²) in [7, 11) is 0. The van der Waals surface area contributed by atoms with Crippen LogP contribution in [0.25, 0.3) is 10.2 Å². The number of hydrogen-bond acceptors (Lipinski definition) is 2. The lowest BCUT2D eigenvalue weighted by atomic mass is 10.1. The van der Waals surface area contributed by atoms with Gasteiger partial charge in [0.15, 0.2) is 0 Å². The van der Waals surface area contributed by atoms with Gasteiger partial charge in [-0.05, 0) is 13.0 Å². The molecule has 0 unspecified atom stereocenters. The first-order chi connectivity index (χ1) is 9.24. The zero-order valence-electron chi connectivity index (χ0n) is 11.0. The molecule has 0 fully saturated rings. The van der Waals surface area contributed by atoms with Crippen molar-refractivity contribution in [1.82, 2.24) is 0 Å². The first-order valence-corrected chi connectivity index (χ1v) is 7.07. The van der Waals surface area contributed by atoms with Crippen LogP contribution in [0.15, 0.2) is 54.0 Å². The van der Waals surface area contributed by atoms with Crippen LogP contribution in [0.5, 0.6) is 0 Å². The number of carbonyl (C=O) groups is 1. The lowest BCUT2D eigenvalue weighted by molar-refractivity contribution is -0.652. The first kappa shape index (κ1) is 14.9. The first-order valence-electron chi connectivity index (χ1n) is 6.19. The summed E-state index contributed by atoms with van der Waals surface area (Å²) >= 11 is 1.66. The molecule has 0 amide bonds. The van der Waals surface area contributed by atoms with Crippen LogP contribution in [-0.4, -0.2) is 5.78 Å². The number of aryl methyl sites for hydroxylation is 1. The summed E-state index contributed by atoms with van der Waals surface area (Å²) < 4.78 is 3.22. The molecule has 102 valence electrons. The third kappa shape index (κ3) is 2.97. The average Bonchev–Trinajstić information content (AvgIpc) is 2.83. The number of benzene rings is 2. The van der Waals surface area contributed by atoms with Crippen molar-refractivity contribution in [2.24, 2.45) is 0 Å². The van der Waals surface area contributed by atoms with E-state index in [9.17, 15) is 4.79 Å². The van der Waals surface area contributed by atoms with Gasteiger partial charge < -0.3 is 17.0 Å². The molecule has 20 heavy (non-hydrogen) atoms. The Morgan fingerprint density at radius 2 is 1.80 bits per heavy atom. The summed E-state index contributed by atoms with van der Waals surface area (Å²) in [4.78, 5) is 12.3. The second kappa shape index (κ2) is 6.29. The van der Waals surface area contributed by atoms with Crippen molar-refractivity contribution in [1.29, 1.82) is 0 Å². The third-order valence-electron chi connectivity index (χ3n) is 3.17. The van der Waals surface area contributed by atoms with Gasteiger partial charge >= 0.3 is 0 Å². The molecule has 0 spiro atoms. The standard InChI is InChI=1S/C16H14NOS.BrH/c1-12-6-8-13(9-7-12)15(18)10-17-11-19-16-5-3-2-4-14(16)17;/h2-9,11H,10H2,1H3;1H/q+1;/p-1. The maximum Gasteiger partial charge on any atom is 0.227 e. The Morgan fingerprint density at radius 3 is 2.55 bits per heavy atom. The number of aromatic nitrogens is 1. The van der Waals surface area contributed by atoms with Gasteiger partial charge in [0.05, 0.1) is 0 Å². The van der Waals surface area contributed by atoms with E-state index in [0.717, 1.165) is 11.1 Å². The predicted octanol–water partition coefficient (Wildman–Crippen LogP) is 0.384. The SMILES string of the molecule is Cc1ccc(C(=O)C[n+]2csc3ccccc32)cc1.[Br-]. The van der Waals surface area contributed by atoms with Crippen molar-refractivity contribution < 1.29 is 26.3 Å². The fraction of sp³-hybridized carbons (Fsp3) is 0.125. The number of nitrogens with zero attached hydrogens (tertiary/aromatic N) is 1. The lowest BCUT2D eigenvalue weighted by Gasteiger charge is -1.98. The molecule has 0 N–H and O–H groups in total. The molecular weight excluding hydrogens is 334 g/mol. The highest BCUT2D eigenvalue weighted by molar-refractivity contribution is 7.16. The highest BCUT2D eigenvalue weighted by atomic mass is 79.9. The summed E-state index contributed by atoms with van der Waals surface area (Å²) in [5.41, 5.74) is 5.07. The van der Waals surface area contributed by atoms with Crippen LogP contribution < -0.4 is 21.5 Å². The number of halogens is 1. The Morgan fingerprint density at radius 1 is 1.10 bits per heavy atom. The average molecular weight is 348 g/mol. The molecule has 2 nitrogen and oxygen atoms in total. The molecule has 0 aliphatic carbocycles. The molecule has 1 heterocycles.